The number of phenolic OH excluding ortho intramolecular Hbond substituents is 1. The molecule has 0 radical (unpaired) electrons. The Balaban J connectivity index is 2.47. The van der Waals surface area contributed by atoms with Crippen molar-refractivity contribution in [3.05, 3.63) is 23.3 Å². The molecule has 0 saturated heterocycles. The molecule has 0 aromatic heterocycles. The first-order chi connectivity index (χ1) is 9.09. The summed E-state index contributed by atoms with van der Waals surface area (Å²) in [4.78, 5) is 0. The third-order valence-corrected chi connectivity index (χ3v) is 4.05. The van der Waals surface area contributed by atoms with Gasteiger partial charge in [0, 0.05) is 11.1 Å². The van der Waals surface area contributed by atoms with Gasteiger partial charge in [-0.2, -0.15) is 0 Å². The quantitative estimate of drug-likeness (QED) is 0.831. The lowest BCUT2D eigenvalue weighted by Crippen LogP contribution is -2.25. The number of phenols is 1. The van der Waals surface area contributed by atoms with Crippen LogP contribution >= 0.6 is 0 Å². The molecular formula is C18H28O2. The van der Waals surface area contributed by atoms with E-state index in [9.17, 15) is 5.11 Å². The van der Waals surface area contributed by atoms with Crippen molar-refractivity contribution in [3.63, 3.8) is 0 Å². The average molecular weight is 276 g/mol. The molecule has 1 saturated carbocycles. The summed E-state index contributed by atoms with van der Waals surface area (Å²) in [5.41, 5.74) is 1.75. The second-order valence-corrected chi connectivity index (χ2v) is 8.04. The maximum Gasteiger partial charge on any atom is 0.123 e. The second kappa shape index (κ2) is 4.98. The summed E-state index contributed by atoms with van der Waals surface area (Å²) in [6, 6.07) is 4.03. The van der Waals surface area contributed by atoms with Crippen LogP contribution in [0.2, 0.25) is 0 Å². The van der Waals surface area contributed by atoms with Crippen LogP contribution in [0.1, 0.15) is 71.9 Å². The Hall–Kier alpha value is -1.18. The van der Waals surface area contributed by atoms with E-state index in [-0.39, 0.29) is 10.8 Å². The molecule has 0 heterocycles. The molecule has 1 fully saturated rings. The molecule has 1 N–H and O–H groups in total. The normalized spacial score (nSPS) is 16.9. The van der Waals surface area contributed by atoms with E-state index in [4.69, 9.17) is 4.74 Å². The van der Waals surface area contributed by atoms with Crippen molar-refractivity contribution in [2.75, 3.05) is 0 Å². The maximum absolute atomic E-state index is 10.6. The molecule has 1 aliphatic rings. The largest absolute Gasteiger partial charge is 0.507 e. The van der Waals surface area contributed by atoms with Crippen LogP contribution in [0.4, 0.5) is 0 Å². The molecule has 2 rings (SSSR count). The lowest BCUT2D eigenvalue weighted by atomic mass is 9.79. The van der Waals surface area contributed by atoms with Crippen LogP contribution in [-0.4, -0.2) is 11.2 Å². The van der Waals surface area contributed by atoms with Gasteiger partial charge in [0.05, 0.1) is 6.10 Å². The lowest BCUT2D eigenvalue weighted by Gasteiger charge is -2.31. The second-order valence-electron chi connectivity index (χ2n) is 8.04. The van der Waals surface area contributed by atoms with Gasteiger partial charge in [-0.25, -0.2) is 0 Å². The smallest absolute Gasteiger partial charge is 0.123 e. The highest BCUT2D eigenvalue weighted by Gasteiger charge is 2.28. The third kappa shape index (κ3) is 3.11. The summed E-state index contributed by atoms with van der Waals surface area (Å²) >= 11 is 0. The SMILES string of the molecule is CC(C)(C)c1cc(OC2CCC2)cc(C(C)(C)C)c1O. The Morgan fingerprint density at radius 2 is 1.40 bits per heavy atom. The van der Waals surface area contributed by atoms with Gasteiger partial charge < -0.3 is 9.84 Å². The van der Waals surface area contributed by atoms with Crippen molar-refractivity contribution in [3.8, 4) is 11.5 Å². The Bertz CT molecular complexity index is 450. The van der Waals surface area contributed by atoms with Gasteiger partial charge in [-0.15, -0.1) is 0 Å². The minimum Gasteiger partial charge on any atom is -0.507 e. The van der Waals surface area contributed by atoms with Gasteiger partial charge in [-0.3, -0.25) is 0 Å². The Morgan fingerprint density at radius 1 is 0.950 bits per heavy atom. The average Bonchev–Trinajstić information content (AvgIpc) is 2.21. The van der Waals surface area contributed by atoms with Gasteiger partial charge in [-0.1, -0.05) is 41.5 Å². The fourth-order valence-electron chi connectivity index (χ4n) is 2.50. The van der Waals surface area contributed by atoms with Crippen LogP contribution in [-0.2, 0) is 10.8 Å². The molecule has 0 atom stereocenters. The summed E-state index contributed by atoms with van der Waals surface area (Å²) in [5, 5.41) is 10.6. The summed E-state index contributed by atoms with van der Waals surface area (Å²) in [5.74, 6) is 1.33. The number of benzene rings is 1. The minimum atomic E-state index is -0.0942. The fourth-order valence-corrected chi connectivity index (χ4v) is 2.50. The molecule has 20 heavy (non-hydrogen) atoms. The standard InChI is InChI=1S/C18H28O2/c1-17(2,3)14-10-13(20-12-8-7-9-12)11-15(16(14)19)18(4,5)6/h10-12,19H,7-9H2,1-6H3. The van der Waals surface area contributed by atoms with Crippen LogP contribution in [0.5, 0.6) is 11.5 Å². The van der Waals surface area contributed by atoms with Crippen LogP contribution in [0.15, 0.2) is 12.1 Å². The number of ether oxygens (including phenoxy) is 1. The highest BCUT2D eigenvalue weighted by molar-refractivity contribution is 5.52. The summed E-state index contributed by atoms with van der Waals surface area (Å²) in [7, 11) is 0. The topological polar surface area (TPSA) is 29.5 Å². The van der Waals surface area contributed by atoms with Crippen LogP contribution in [0.3, 0.4) is 0 Å². The predicted octanol–water partition coefficient (Wildman–Crippen LogP) is 4.92. The zero-order chi connectivity index (χ0) is 15.1. The number of aromatic hydroxyl groups is 1. The highest BCUT2D eigenvalue weighted by atomic mass is 16.5. The first-order valence-corrected chi connectivity index (χ1v) is 7.63. The van der Waals surface area contributed by atoms with Crippen molar-refractivity contribution >= 4 is 0 Å². The van der Waals surface area contributed by atoms with E-state index in [1.807, 2.05) is 12.1 Å². The van der Waals surface area contributed by atoms with E-state index in [1.165, 1.54) is 6.42 Å². The molecule has 112 valence electrons. The van der Waals surface area contributed by atoms with E-state index in [0.29, 0.717) is 11.9 Å². The number of hydrogen-bond acceptors (Lipinski definition) is 2. The minimum absolute atomic E-state index is 0.0942. The molecule has 2 nitrogen and oxygen atoms in total. The van der Waals surface area contributed by atoms with E-state index in [2.05, 4.69) is 41.5 Å². The van der Waals surface area contributed by atoms with E-state index < -0.39 is 0 Å². The molecule has 1 aliphatic carbocycles. The van der Waals surface area contributed by atoms with Crippen molar-refractivity contribution in [2.45, 2.75) is 77.7 Å². The van der Waals surface area contributed by atoms with Gasteiger partial charge in [0.2, 0.25) is 0 Å². The van der Waals surface area contributed by atoms with Crippen molar-refractivity contribution in [1.82, 2.24) is 0 Å². The van der Waals surface area contributed by atoms with Crippen LogP contribution in [0.25, 0.3) is 0 Å². The van der Waals surface area contributed by atoms with E-state index in [1.54, 1.807) is 0 Å². The van der Waals surface area contributed by atoms with Crippen molar-refractivity contribution < 1.29 is 9.84 Å². The molecule has 0 spiro atoms. The Kier molecular flexibility index (Phi) is 3.79. The predicted molar refractivity (Wildman–Crippen MR) is 83.8 cm³/mol. The van der Waals surface area contributed by atoms with Gasteiger partial charge in [0.15, 0.2) is 0 Å². The summed E-state index contributed by atoms with van der Waals surface area (Å²) in [6.07, 6.45) is 3.92. The molecule has 2 heteroatoms. The molecule has 0 bridgehead atoms. The molecule has 1 aromatic carbocycles. The van der Waals surface area contributed by atoms with E-state index >= 15 is 0 Å². The van der Waals surface area contributed by atoms with Gasteiger partial charge in [-0.05, 0) is 42.2 Å². The van der Waals surface area contributed by atoms with Crippen molar-refractivity contribution in [1.29, 1.82) is 0 Å². The van der Waals surface area contributed by atoms with Crippen molar-refractivity contribution in [2.24, 2.45) is 0 Å². The van der Waals surface area contributed by atoms with Gasteiger partial charge >= 0.3 is 0 Å². The number of hydrogen-bond donors (Lipinski definition) is 1. The Labute approximate surface area is 123 Å². The van der Waals surface area contributed by atoms with E-state index in [0.717, 1.165) is 29.7 Å². The van der Waals surface area contributed by atoms with Gasteiger partial charge in [0.1, 0.15) is 11.5 Å². The molecule has 1 aromatic rings. The van der Waals surface area contributed by atoms with Crippen LogP contribution < -0.4 is 4.74 Å². The van der Waals surface area contributed by atoms with Gasteiger partial charge in [0.25, 0.3) is 0 Å². The Morgan fingerprint density at radius 3 is 1.70 bits per heavy atom. The van der Waals surface area contributed by atoms with Crippen LogP contribution in [0, 0.1) is 0 Å². The molecule has 0 aliphatic heterocycles. The molecule has 0 unspecified atom stereocenters. The lowest BCUT2D eigenvalue weighted by molar-refractivity contribution is 0.119. The maximum atomic E-state index is 10.6. The molecular weight excluding hydrogens is 248 g/mol. The summed E-state index contributed by atoms with van der Waals surface area (Å²) in [6.45, 7) is 12.8. The third-order valence-electron chi connectivity index (χ3n) is 4.05. The monoisotopic (exact) mass is 276 g/mol. The number of rotatable bonds is 2. The first-order valence-electron chi connectivity index (χ1n) is 7.63. The molecule has 0 amide bonds. The summed E-state index contributed by atoms with van der Waals surface area (Å²) < 4.78 is 6.07. The highest BCUT2D eigenvalue weighted by Crippen LogP contribution is 2.42. The fraction of sp³-hybridized carbons (Fsp3) is 0.667. The zero-order valence-corrected chi connectivity index (χ0v) is 13.7. The first kappa shape index (κ1) is 15.2. The zero-order valence-electron chi connectivity index (χ0n) is 13.7.